The number of carbonyl (C=O) groups is 1. The van der Waals surface area contributed by atoms with Gasteiger partial charge in [-0.1, -0.05) is 0 Å². The lowest BCUT2D eigenvalue weighted by molar-refractivity contribution is -0.117. The van der Waals surface area contributed by atoms with E-state index in [-0.39, 0.29) is 12.2 Å². The van der Waals surface area contributed by atoms with Crippen molar-refractivity contribution in [3.63, 3.8) is 0 Å². The van der Waals surface area contributed by atoms with E-state index in [1.54, 1.807) is 0 Å². The number of amides is 1. The van der Waals surface area contributed by atoms with E-state index in [0.717, 1.165) is 4.90 Å². The predicted octanol–water partition coefficient (Wildman–Crippen LogP) is 0.625. The summed E-state index contributed by atoms with van der Waals surface area (Å²) in [5.41, 5.74) is -0.136. The van der Waals surface area contributed by atoms with Crippen molar-refractivity contribution in [3.8, 4) is 0 Å². The number of nitrogens with zero attached hydrogens (tertiary/aromatic N) is 2. The standard InChI is InChI=1S/C9H8F2N2O3S/c10-9-7(2-1-3-12-9)13-5-6(4-8(13)14)17(11,15)16/h1-3,6H,4-5H2. The van der Waals surface area contributed by atoms with Crippen LogP contribution in [0.5, 0.6) is 0 Å². The van der Waals surface area contributed by atoms with Crippen LogP contribution in [0.2, 0.25) is 0 Å². The minimum absolute atomic E-state index is 0.136. The molecule has 0 aliphatic carbocycles. The Morgan fingerprint density at radius 3 is 2.71 bits per heavy atom. The van der Waals surface area contributed by atoms with Gasteiger partial charge in [0.2, 0.25) is 11.9 Å². The summed E-state index contributed by atoms with van der Waals surface area (Å²) >= 11 is 0. The zero-order valence-electron chi connectivity index (χ0n) is 8.51. The first kappa shape index (κ1) is 11.9. The highest BCUT2D eigenvalue weighted by Gasteiger charge is 2.39. The molecule has 1 saturated heterocycles. The maximum absolute atomic E-state index is 13.3. The molecule has 17 heavy (non-hydrogen) atoms. The molecule has 0 spiro atoms. The van der Waals surface area contributed by atoms with Gasteiger partial charge in [-0.3, -0.25) is 4.79 Å². The summed E-state index contributed by atoms with van der Waals surface area (Å²) in [5.74, 6) is -1.53. The number of aromatic nitrogens is 1. The Kier molecular flexibility index (Phi) is 2.82. The van der Waals surface area contributed by atoms with E-state index in [4.69, 9.17) is 0 Å². The summed E-state index contributed by atoms with van der Waals surface area (Å²) in [7, 11) is -4.79. The van der Waals surface area contributed by atoms with Gasteiger partial charge in [0, 0.05) is 19.2 Å². The lowest BCUT2D eigenvalue weighted by Gasteiger charge is -2.15. The highest BCUT2D eigenvalue weighted by Crippen LogP contribution is 2.26. The van der Waals surface area contributed by atoms with Gasteiger partial charge in [0.15, 0.2) is 0 Å². The Hall–Kier alpha value is -1.57. The summed E-state index contributed by atoms with van der Waals surface area (Å²) in [5, 5.41) is -1.44. The maximum atomic E-state index is 13.3. The minimum atomic E-state index is -4.79. The number of hydrogen-bond donors (Lipinski definition) is 0. The Morgan fingerprint density at radius 2 is 2.18 bits per heavy atom. The molecule has 8 heteroatoms. The van der Waals surface area contributed by atoms with Crippen LogP contribution in [-0.2, 0) is 15.0 Å². The predicted molar refractivity (Wildman–Crippen MR) is 55.0 cm³/mol. The second-order valence-corrected chi connectivity index (χ2v) is 5.24. The molecule has 2 heterocycles. The third-order valence-corrected chi connectivity index (χ3v) is 3.63. The van der Waals surface area contributed by atoms with Crippen LogP contribution < -0.4 is 4.90 Å². The summed E-state index contributed by atoms with van der Waals surface area (Å²) in [6, 6.07) is 2.69. The number of hydrogen-bond acceptors (Lipinski definition) is 4. The third-order valence-electron chi connectivity index (χ3n) is 2.52. The highest BCUT2D eigenvalue weighted by atomic mass is 32.3. The van der Waals surface area contributed by atoms with Crippen LogP contribution >= 0.6 is 0 Å². The van der Waals surface area contributed by atoms with Crippen molar-refractivity contribution in [2.24, 2.45) is 0 Å². The zero-order valence-corrected chi connectivity index (χ0v) is 9.32. The summed E-state index contributed by atoms with van der Waals surface area (Å²) < 4.78 is 47.4. The summed E-state index contributed by atoms with van der Waals surface area (Å²) in [6.45, 7) is -0.389. The van der Waals surface area contributed by atoms with E-state index >= 15 is 0 Å². The lowest BCUT2D eigenvalue weighted by Crippen LogP contribution is -2.27. The van der Waals surface area contributed by atoms with Crippen LogP contribution in [0.1, 0.15) is 6.42 Å². The Balaban J connectivity index is 2.31. The number of pyridine rings is 1. The lowest BCUT2D eigenvalue weighted by atomic mass is 10.4. The molecule has 5 nitrogen and oxygen atoms in total. The first-order chi connectivity index (χ1) is 7.89. The van der Waals surface area contributed by atoms with Gasteiger partial charge in [-0.05, 0) is 12.1 Å². The van der Waals surface area contributed by atoms with Crippen molar-refractivity contribution in [2.45, 2.75) is 11.7 Å². The average Bonchev–Trinajstić information content (AvgIpc) is 2.61. The van der Waals surface area contributed by atoms with Gasteiger partial charge in [-0.2, -0.15) is 12.8 Å². The van der Waals surface area contributed by atoms with E-state index in [1.165, 1.54) is 18.3 Å². The monoisotopic (exact) mass is 262 g/mol. The fourth-order valence-corrected chi connectivity index (χ4v) is 2.34. The fourth-order valence-electron chi connectivity index (χ4n) is 1.68. The van der Waals surface area contributed by atoms with E-state index in [9.17, 15) is 21.5 Å². The van der Waals surface area contributed by atoms with Crippen molar-refractivity contribution in [3.05, 3.63) is 24.3 Å². The van der Waals surface area contributed by atoms with Gasteiger partial charge in [-0.25, -0.2) is 4.98 Å². The van der Waals surface area contributed by atoms with Crippen LogP contribution in [-0.4, -0.2) is 31.1 Å². The highest BCUT2D eigenvalue weighted by molar-refractivity contribution is 7.87. The molecular weight excluding hydrogens is 254 g/mol. The van der Waals surface area contributed by atoms with Gasteiger partial charge in [-0.15, -0.1) is 3.89 Å². The molecule has 1 atom stereocenters. The average molecular weight is 262 g/mol. The normalized spacial score (nSPS) is 20.9. The fraction of sp³-hybridized carbons (Fsp3) is 0.333. The number of halogens is 2. The number of anilines is 1. The van der Waals surface area contributed by atoms with Crippen LogP contribution in [0.3, 0.4) is 0 Å². The Bertz CT molecular complexity index is 561. The number of carbonyl (C=O) groups excluding carboxylic acids is 1. The molecule has 0 aromatic carbocycles. The molecule has 1 aliphatic heterocycles. The molecule has 1 unspecified atom stereocenters. The van der Waals surface area contributed by atoms with E-state index in [0.29, 0.717) is 0 Å². The smallest absolute Gasteiger partial charge is 0.307 e. The second-order valence-electron chi connectivity index (χ2n) is 3.62. The molecule has 2 rings (SSSR count). The van der Waals surface area contributed by atoms with Crippen LogP contribution in [0.15, 0.2) is 18.3 Å². The van der Waals surface area contributed by atoms with Crippen LogP contribution in [0.25, 0.3) is 0 Å². The largest absolute Gasteiger partial charge is 0.307 e. The first-order valence-electron chi connectivity index (χ1n) is 4.74. The molecule has 0 bridgehead atoms. The van der Waals surface area contributed by atoms with Crippen molar-refractivity contribution in [2.75, 3.05) is 11.4 Å². The molecule has 0 N–H and O–H groups in total. The minimum Gasteiger partial charge on any atom is -0.307 e. The summed E-state index contributed by atoms with van der Waals surface area (Å²) in [4.78, 5) is 15.7. The second kappa shape index (κ2) is 4.02. The van der Waals surface area contributed by atoms with Crippen molar-refractivity contribution >= 4 is 21.8 Å². The molecule has 1 aromatic heterocycles. The van der Waals surface area contributed by atoms with Crippen LogP contribution in [0, 0.1) is 5.95 Å². The Morgan fingerprint density at radius 1 is 1.47 bits per heavy atom. The van der Waals surface area contributed by atoms with E-state index in [1.807, 2.05) is 0 Å². The molecule has 1 aromatic rings. The molecule has 1 aliphatic rings. The molecule has 0 saturated carbocycles. The van der Waals surface area contributed by atoms with E-state index in [2.05, 4.69) is 4.98 Å². The third kappa shape index (κ3) is 2.26. The molecular formula is C9H8F2N2O3S. The van der Waals surface area contributed by atoms with Gasteiger partial charge in [0.05, 0.1) is 5.69 Å². The SMILES string of the molecule is O=C1CC(S(=O)(=O)F)CN1c1cccnc1F. The molecule has 92 valence electrons. The van der Waals surface area contributed by atoms with Gasteiger partial charge >= 0.3 is 10.2 Å². The van der Waals surface area contributed by atoms with Gasteiger partial charge in [0.25, 0.3) is 0 Å². The van der Waals surface area contributed by atoms with Gasteiger partial charge in [0.1, 0.15) is 5.25 Å². The Labute approximate surface area is 96.3 Å². The van der Waals surface area contributed by atoms with Crippen molar-refractivity contribution in [1.29, 1.82) is 0 Å². The molecule has 1 amide bonds. The van der Waals surface area contributed by atoms with Crippen LogP contribution in [0.4, 0.5) is 14.0 Å². The maximum Gasteiger partial charge on any atom is 0.307 e. The quantitative estimate of drug-likeness (QED) is 0.579. The number of rotatable bonds is 2. The van der Waals surface area contributed by atoms with Gasteiger partial charge < -0.3 is 4.90 Å². The zero-order chi connectivity index (χ0) is 12.6. The molecule has 1 fully saturated rings. The van der Waals surface area contributed by atoms with E-state index < -0.39 is 33.7 Å². The summed E-state index contributed by atoms with van der Waals surface area (Å²) in [6.07, 6.45) is 0.718. The van der Waals surface area contributed by atoms with Crippen molar-refractivity contribution < 1.29 is 21.5 Å². The van der Waals surface area contributed by atoms with Crippen molar-refractivity contribution in [1.82, 2.24) is 4.98 Å². The molecule has 0 radical (unpaired) electrons. The topological polar surface area (TPSA) is 67.3 Å². The first-order valence-corrected chi connectivity index (χ1v) is 6.18.